The van der Waals surface area contributed by atoms with E-state index in [1.54, 1.807) is 0 Å². The minimum atomic E-state index is -0.154. The zero-order valence-corrected chi connectivity index (χ0v) is 11.0. The van der Waals surface area contributed by atoms with Crippen molar-refractivity contribution in [3.63, 3.8) is 0 Å². The summed E-state index contributed by atoms with van der Waals surface area (Å²) >= 11 is 0. The highest BCUT2D eigenvalue weighted by Gasteiger charge is 2.31. The molecule has 96 valence electrons. The lowest BCUT2D eigenvalue weighted by Crippen LogP contribution is -2.30. The van der Waals surface area contributed by atoms with Crippen molar-refractivity contribution in [2.75, 3.05) is 7.11 Å². The van der Waals surface area contributed by atoms with E-state index in [0.29, 0.717) is 5.70 Å². The largest absolute Gasteiger partial charge is 0.491 e. The van der Waals surface area contributed by atoms with Crippen LogP contribution in [0.1, 0.15) is 40.0 Å². The van der Waals surface area contributed by atoms with Gasteiger partial charge < -0.3 is 10.1 Å². The SMILES string of the molecule is CC[C@H](C)/C(NC(=O)C1CC1)=C(\OC)C(C)=O. The molecule has 0 aromatic rings. The molecule has 1 atom stereocenters. The van der Waals surface area contributed by atoms with E-state index >= 15 is 0 Å². The molecule has 0 aromatic heterocycles. The molecule has 0 saturated heterocycles. The number of hydrogen-bond acceptors (Lipinski definition) is 3. The van der Waals surface area contributed by atoms with Crippen molar-refractivity contribution in [1.82, 2.24) is 5.32 Å². The Balaban J connectivity index is 2.91. The summed E-state index contributed by atoms with van der Waals surface area (Å²) < 4.78 is 5.11. The van der Waals surface area contributed by atoms with E-state index in [1.165, 1.54) is 14.0 Å². The third-order valence-electron chi connectivity index (χ3n) is 3.08. The minimum Gasteiger partial charge on any atom is -0.491 e. The second-order valence-electron chi connectivity index (χ2n) is 4.58. The smallest absolute Gasteiger partial charge is 0.227 e. The first kappa shape index (κ1) is 13.7. The van der Waals surface area contributed by atoms with Crippen molar-refractivity contribution in [2.24, 2.45) is 11.8 Å². The first-order chi connectivity index (χ1) is 8.01. The summed E-state index contributed by atoms with van der Waals surface area (Å²) in [5.41, 5.74) is 0.624. The third-order valence-corrected chi connectivity index (χ3v) is 3.08. The fourth-order valence-electron chi connectivity index (χ4n) is 1.63. The molecular formula is C13H21NO3. The van der Waals surface area contributed by atoms with E-state index < -0.39 is 0 Å². The van der Waals surface area contributed by atoms with Crippen LogP contribution < -0.4 is 5.32 Å². The number of nitrogens with one attached hydrogen (secondary N) is 1. The van der Waals surface area contributed by atoms with Gasteiger partial charge in [0.15, 0.2) is 11.5 Å². The minimum absolute atomic E-state index is 0.0103. The van der Waals surface area contributed by atoms with Gasteiger partial charge >= 0.3 is 0 Å². The topological polar surface area (TPSA) is 55.4 Å². The lowest BCUT2D eigenvalue weighted by atomic mass is 10.0. The van der Waals surface area contributed by atoms with Crippen LogP contribution >= 0.6 is 0 Å². The molecule has 0 aromatic carbocycles. The van der Waals surface area contributed by atoms with Gasteiger partial charge in [0.2, 0.25) is 5.91 Å². The molecule has 1 amide bonds. The van der Waals surface area contributed by atoms with E-state index in [-0.39, 0.29) is 29.3 Å². The van der Waals surface area contributed by atoms with Gasteiger partial charge in [0.1, 0.15) is 0 Å². The molecule has 1 N–H and O–H groups in total. The summed E-state index contributed by atoms with van der Waals surface area (Å²) in [4.78, 5) is 23.2. The van der Waals surface area contributed by atoms with Crippen LogP contribution in [0.5, 0.6) is 0 Å². The third kappa shape index (κ3) is 3.58. The number of Topliss-reactive ketones (excluding diaryl/α,β-unsaturated/α-hetero) is 1. The maximum atomic E-state index is 11.8. The molecule has 0 radical (unpaired) electrons. The maximum absolute atomic E-state index is 11.8. The molecule has 1 aliphatic carbocycles. The Morgan fingerprint density at radius 2 is 2.00 bits per heavy atom. The van der Waals surface area contributed by atoms with Gasteiger partial charge in [-0.05, 0) is 25.2 Å². The summed E-state index contributed by atoms with van der Waals surface area (Å²) in [5, 5.41) is 2.86. The Kier molecular flexibility index (Phi) is 4.73. The number of amides is 1. The van der Waals surface area contributed by atoms with Crippen molar-refractivity contribution in [2.45, 2.75) is 40.0 Å². The summed E-state index contributed by atoms with van der Waals surface area (Å²) in [6.07, 6.45) is 2.74. The van der Waals surface area contributed by atoms with E-state index in [1.807, 2.05) is 13.8 Å². The van der Waals surface area contributed by atoms with Gasteiger partial charge in [-0.3, -0.25) is 9.59 Å². The van der Waals surface area contributed by atoms with Gasteiger partial charge in [-0.25, -0.2) is 0 Å². The number of methoxy groups -OCH3 is 1. The molecule has 0 bridgehead atoms. The van der Waals surface area contributed by atoms with Crippen LogP contribution in [-0.4, -0.2) is 18.8 Å². The van der Waals surface area contributed by atoms with Crippen LogP contribution in [0.15, 0.2) is 11.5 Å². The van der Waals surface area contributed by atoms with Gasteiger partial charge in [-0.15, -0.1) is 0 Å². The fraction of sp³-hybridized carbons (Fsp3) is 0.692. The summed E-state index contributed by atoms with van der Waals surface area (Å²) in [5.74, 6) is 0.360. The Hall–Kier alpha value is -1.32. The van der Waals surface area contributed by atoms with Gasteiger partial charge in [0.25, 0.3) is 0 Å². The van der Waals surface area contributed by atoms with Crippen LogP contribution in [0, 0.1) is 11.8 Å². The number of ether oxygens (including phenoxy) is 1. The second-order valence-corrected chi connectivity index (χ2v) is 4.58. The summed E-state index contributed by atoms with van der Waals surface area (Å²) in [6.45, 7) is 5.44. The van der Waals surface area contributed by atoms with Crippen molar-refractivity contribution in [3.05, 3.63) is 11.5 Å². The maximum Gasteiger partial charge on any atom is 0.227 e. The predicted molar refractivity (Wildman–Crippen MR) is 65.0 cm³/mol. The Morgan fingerprint density at radius 3 is 2.35 bits per heavy atom. The van der Waals surface area contributed by atoms with Crippen molar-refractivity contribution >= 4 is 11.7 Å². The molecule has 4 heteroatoms. The zero-order chi connectivity index (χ0) is 13.0. The van der Waals surface area contributed by atoms with Gasteiger partial charge in [-0.1, -0.05) is 13.8 Å². The number of hydrogen-bond donors (Lipinski definition) is 1. The molecule has 1 fully saturated rings. The molecule has 17 heavy (non-hydrogen) atoms. The molecule has 4 nitrogen and oxygen atoms in total. The van der Waals surface area contributed by atoms with Crippen molar-refractivity contribution in [1.29, 1.82) is 0 Å². The standard InChI is InChI=1S/C13H21NO3/c1-5-8(2)11(12(17-4)9(3)15)14-13(16)10-6-7-10/h8,10H,5-7H2,1-4H3,(H,14,16)/b12-11+/t8-/m0/s1. The Labute approximate surface area is 102 Å². The second kappa shape index (κ2) is 5.84. The first-order valence-corrected chi connectivity index (χ1v) is 6.11. The lowest BCUT2D eigenvalue weighted by molar-refractivity contribution is -0.121. The molecule has 1 saturated carbocycles. The number of ketones is 1. The average molecular weight is 239 g/mol. The Bertz CT molecular complexity index is 343. The molecule has 0 heterocycles. The Morgan fingerprint density at radius 1 is 1.41 bits per heavy atom. The molecule has 0 aliphatic heterocycles. The highest BCUT2D eigenvalue weighted by molar-refractivity contribution is 5.93. The molecule has 0 spiro atoms. The first-order valence-electron chi connectivity index (χ1n) is 6.11. The van der Waals surface area contributed by atoms with Crippen LogP contribution in [0.25, 0.3) is 0 Å². The van der Waals surface area contributed by atoms with Gasteiger partial charge in [0.05, 0.1) is 12.8 Å². The predicted octanol–water partition coefficient (Wildman–Crippen LogP) is 2.01. The quantitative estimate of drug-likeness (QED) is 0.570. The van der Waals surface area contributed by atoms with Crippen LogP contribution in [0.3, 0.4) is 0 Å². The summed E-state index contributed by atoms with van der Waals surface area (Å²) in [6, 6.07) is 0. The molecule has 1 rings (SSSR count). The van der Waals surface area contributed by atoms with Gasteiger partial charge in [0, 0.05) is 12.8 Å². The molecule has 0 unspecified atom stereocenters. The molecule has 1 aliphatic rings. The normalized spacial score (nSPS) is 18.1. The van der Waals surface area contributed by atoms with Crippen LogP contribution in [-0.2, 0) is 14.3 Å². The lowest BCUT2D eigenvalue weighted by Gasteiger charge is -2.18. The zero-order valence-electron chi connectivity index (χ0n) is 11.0. The van der Waals surface area contributed by atoms with Crippen LogP contribution in [0.4, 0.5) is 0 Å². The van der Waals surface area contributed by atoms with Crippen molar-refractivity contribution in [3.8, 4) is 0 Å². The van der Waals surface area contributed by atoms with E-state index in [0.717, 1.165) is 19.3 Å². The highest BCUT2D eigenvalue weighted by atomic mass is 16.5. The highest BCUT2D eigenvalue weighted by Crippen LogP contribution is 2.30. The van der Waals surface area contributed by atoms with Crippen molar-refractivity contribution < 1.29 is 14.3 Å². The monoisotopic (exact) mass is 239 g/mol. The van der Waals surface area contributed by atoms with E-state index in [4.69, 9.17) is 4.74 Å². The molecular weight excluding hydrogens is 218 g/mol. The fourth-order valence-corrected chi connectivity index (χ4v) is 1.63. The average Bonchev–Trinajstić information content (AvgIpc) is 3.10. The van der Waals surface area contributed by atoms with Gasteiger partial charge in [-0.2, -0.15) is 0 Å². The van der Waals surface area contributed by atoms with E-state index in [2.05, 4.69) is 5.32 Å². The van der Waals surface area contributed by atoms with Crippen LogP contribution in [0.2, 0.25) is 0 Å². The number of rotatable bonds is 6. The number of carbonyl (C=O) groups is 2. The number of carbonyl (C=O) groups excluding carboxylic acids is 2. The number of allylic oxidation sites excluding steroid dienone is 2. The van der Waals surface area contributed by atoms with E-state index in [9.17, 15) is 9.59 Å². The summed E-state index contributed by atoms with van der Waals surface area (Å²) in [7, 11) is 1.46.